The number of carbonyl (C=O) groups is 1. The molecule has 8 heteroatoms. The normalized spacial score (nSPS) is 13.9. The maximum absolute atomic E-state index is 12.8. The van der Waals surface area contributed by atoms with Crippen molar-refractivity contribution in [3.63, 3.8) is 0 Å². The second-order valence-electron chi connectivity index (χ2n) is 9.27. The molecule has 5 nitrogen and oxygen atoms in total. The second-order valence-corrected chi connectivity index (χ2v) is 22.6. The second kappa shape index (κ2) is 8.28. The third-order valence-electron chi connectivity index (χ3n) is 3.00. The van der Waals surface area contributed by atoms with Crippen LogP contribution in [-0.2, 0) is 13.6 Å². The number of rotatable bonds is 8. The van der Waals surface area contributed by atoms with Gasteiger partial charge in [0.1, 0.15) is 5.75 Å². The van der Waals surface area contributed by atoms with Crippen molar-refractivity contribution in [1.82, 2.24) is 0 Å². The molecule has 0 N–H and O–H groups in total. The van der Waals surface area contributed by atoms with Crippen LogP contribution < -0.4 is 9.16 Å². The van der Waals surface area contributed by atoms with E-state index < -0.39 is 31.1 Å². The van der Waals surface area contributed by atoms with Crippen LogP contribution in [0.2, 0.25) is 58.9 Å². The van der Waals surface area contributed by atoms with Crippen molar-refractivity contribution in [2.45, 2.75) is 65.0 Å². The molecule has 0 aliphatic rings. The van der Waals surface area contributed by atoms with Crippen LogP contribution in [0.5, 0.6) is 11.5 Å². The molecule has 1 rings (SSSR count). The van der Waals surface area contributed by atoms with Gasteiger partial charge in [0.25, 0.3) is 0 Å². The van der Waals surface area contributed by atoms with Crippen LogP contribution >= 0.6 is 0 Å². The minimum atomic E-state index is -2.02. The van der Waals surface area contributed by atoms with Gasteiger partial charge in [-0.2, -0.15) is 0 Å². The molecule has 1 aromatic carbocycles. The highest BCUT2D eigenvalue weighted by Crippen LogP contribution is 2.34. The molecule has 0 saturated carbocycles. The van der Waals surface area contributed by atoms with Crippen LogP contribution in [-0.4, -0.2) is 38.0 Å². The lowest BCUT2D eigenvalue weighted by Crippen LogP contribution is -2.37. The quantitative estimate of drug-likeness (QED) is 0.549. The number of benzene rings is 1. The summed E-state index contributed by atoms with van der Waals surface area (Å²) >= 11 is 0. The number of methoxy groups -OCH3 is 1. The highest BCUT2D eigenvalue weighted by molar-refractivity contribution is 6.71. The Morgan fingerprint density at radius 1 is 0.846 bits per heavy atom. The summed E-state index contributed by atoms with van der Waals surface area (Å²) in [5.41, 5.74) is 0.732. The van der Waals surface area contributed by atoms with Gasteiger partial charge in [-0.3, -0.25) is 4.79 Å². The summed E-state index contributed by atoms with van der Waals surface area (Å²) in [4.78, 5) is 12.8. The average Bonchev–Trinajstić information content (AvgIpc) is 2.40. The van der Waals surface area contributed by atoms with E-state index in [1.807, 2.05) is 37.8 Å². The molecule has 0 aromatic heterocycles. The lowest BCUT2D eigenvalue weighted by molar-refractivity contribution is -0.143. The highest BCUT2D eigenvalue weighted by atomic mass is 28.4. The predicted octanol–water partition coefficient (Wildman–Crippen LogP) is 5.18. The Balaban J connectivity index is 3.26. The summed E-state index contributed by atoms with van der Waals surface area (Å²) < 4.78 is 23.5. The van der Waals surface area contributed by atoms with Crippen molar-refractivity contribution < 1.29 is 22.8 Å². The number of hydrogen-bond donors (Lipinski definition) is 0. The van der Waals surface area contributed by atoms with Crippen molar-refractivity contribution in [3.05, 3.63) is 23.8 Å². The third kappa shape index (κ3) is 8.07. The van der Waals surface area contributed by atoms with E-state index in [9.17, 15) is 4.79 Å². The van der Waals surface area contributed by atoms with E-state index in [4.69, 9.17) is 18.0 Å². The first-order valence-corrected chi connectivity index (χ1v) is 19.1. The molecule has 0 aliphatic carbocycles. The minimum absolute atomic E-state index is 0.326. The van der Waals surface area contributed by atoms with Gasteiger partial charge in [0.05, 0.1) is 7.11 Å². The Morgan fingerprint density at radius 3 is 1.85 bits per heavy atom. The Bertz CT molecular complexity index is 627. The van der Waals surface area contributed by atoms with Crippen molar-refractivity contribution in [2.75, 3.05) is 7.11 Å². The summed E-state index contributed by atoms with van der Waals surface area (Å²) in [7, 11) is -4.16. The topological polar surface area (TPSA) is 54.0 Å². The van der Waals surface area contributed by atoms with Crippen molar-refractivity contribution in [2.24, 2.45) is 0 Å². The van der Waals surface area contributed by atoms with Crippen LogP contribution in [0.3, 0.4) is 0 Å². The molecular weight excluding hydrogens is 380 g/mol. The monoisotopic (exact) mass is 414 g/mol. The van der Waals surface area contributed by atoms with Gasteiger partial charge in [0, 0.05) is 0 Å². The Labute approximate surface area is 161 Å². The van der Waals surface area contributed by atoms with Gasteiger partial charge in [-0.25, -0.2) is 0 Å². The zero-order chi connectivity index (χ0) is 20.3. The van der Waals surface area contributed by atoms with E-state index in [-0.39, 0.29) is 5.97 Å². The smallest absolute Gasteiger partial charge is 0.325 e. The molecule has 1 atom stereocenters. The molecule has 148 valence electrons. The summed E-state index contributed by atoms with van der Waals surface area (Å²) in [5, 5.41) is 0. The first-order valence-electron chi connectivity index (χ1n) is 8.89. The average molecular weight is 415 g/mol. The first-order chi connectivity index (χ1) is 11.6. The van der Waals surface area contributed by atoms with Gasteiger partial charge >= 0.3 is 5.97 Å². The van der Waals surface area contributed by atoms with Crippen LogP contribution in [0.15, 0.2) is 18.2 Å². The Hall–Kier alpha value is -1.10. The van der Waals surface area contributed by atoms with E-state index in [2.05, 4.69) is 39.3 Å². The SMILES string of the molecule is COc1cc(C(O[Si](C)(C)C)C(=O)O[Si](C)(C)C)ccc1O[Si](C)(C)C. The lowest BCUT2D eigenvalue weighted by atomic mass is 10.1. The number of hydrogen-bond acceptors (Lipinski definition) is 5. The number of ether oxygens (including phenoxy) is 1. The van der Waals surface area contributed by atoms with Crippen LogP contribution in [0.25, 0.3) is 0 Å². The molecule has 1 aromatic rings. The van der Waals surface area contributed by atoms with Gasteiger partial charge in [0.2, 0.25) is 16.6 Å². The lowest BCUT2D eigenvalue weighted by Gasteiger charge is -2.29. The van der Waals surface area contributed by atoms with E-state index >= 15 is 0 Å². The summed E-state index contributed by atoms with van der Waals surface area (Å²) in [6, 6.07) is 5.55. The maximum Gasteiger partial charge on any atom is 0.325 e. The molecule has 0 aliphatic heterocycles. The van der Waals surface area contributed by atoms with Crippen LogP contribution in [0.1, 0.15) is 11.7 Å². The molecule has 0 saturated heterocycles. The van der Waals surface area contributed by atoms with Gasteiger partial charge in [-0.1, -0.05) is 6.07 Å². The highest BCUT2D eigenvalue weighted by Gasteiger charge is 2.33. The molecule has 0 bridgehead atoms. The zero-order valence-corrected chi connectivity index (χ0v) is 20.9. The Morgan fingerprint density at radius 2 is 1.42 bits per heavy atom. The predicted molar refractivity (Wildman–Crippen MR) is 114 cm³/mol. The summed E-state index contributed by atoms with van der Waals surface area (Å²) in [6.07, 6.45) is -0.747. The third-order valence-corrected chi connectivity index (χ3v) is 5.59. The molecule has 0 fully saturated rings. The molecule has 0 heterocycles. The summed E-state index contributed by atoms with van der Waals surface area (Å²) in [5.74, 6) is 0.975. The van der Waals surface area contributed by atoms with Crippen molar-refractivity contribution in [3.8, 4) is 11.5 Å². The minimum Gasteiger partial charge on any atom is -0.542 e. The van der Waals surface area contributed by atoms with Crippen LogP contribution in [0.4, 0.5) is 0 Å². The van der Waals surface area contributed by atoms with Gasteiger partial charge < -0.3 is 18.0 Å². The standard InChI is InChI=1S/C18H34O5Si3/c1-20-16-13-14(11-12-15(16)21-24(2,3)4)17(22-25(5,6)7)18(19)23-26(8,9)10/h11-13,17H,1-10H3. The molecule has 26 heavy (non-hydrogen) atoms. The zero-order valence-electron chi connectivity index (χ0n) is 17.9. The van der Waals surface area contributed by atoms with Crippen molar-refractivity contribution >= 4 is 30.9 Å². The fourth-order valence-corrected chi connectivity index (χ4v) is 4.70. The summed E-state index contributed by atoms with van der Waals surface area (Å²) in [6.45, 7) is 18.5. The number of carbonyl (C=O) groups excluding carboxylic acids is 1. The van der Waals surface area contributed by atoms with E-state index in [0.29, 0.717) is 11.5 Å². The van der Waals surface area contributed by atoms with Crippen molar-refractivity contribution in [1.29, 1.82) is 0 Å². The first kappa shape index (κ1) is 22.9. The van der Waals surface area contributed by atoms with Gasteiger partial charge in [-0.15, -0.1) is 0 Å². The molecular formula is C18H34O5Si3. The fourth-order valence-electron chi connectivity index (χ4n) is 2.22. The molecule has 0 spiro atoms. The molecule has 0 amide bonds. The van der Waals surface area contributed by atoms with Gasteiger partial charge in [-0.05, 0) is 76.6 Å². The van der Waals surface area contributed by atoms with E-state index in [1.165, 1.54) is 0 Å². The van der Waals surface area contributed by atoms with Crippen LogP contribution in [0, 0.1) is 0 Å². The molecule has 0 radical (unpaired) electrons. The maximum atomic E-state index is 12.8. The van der Waals surface area contributed by atoms with Gasteiger partial charge in [0.15, 0.2) is 20.2 Å². The van der Waals surface area contributed by atoms with E-state index in [0.717, 1.165) is 5.56 Å². The Kier molecular flexibility index (Phi) is 7.31. The van der Waals surface area contributed by atoms with E-state index in [1.54, 1.807) is 7.11 Å². The molecule has 1 unspecified atom stereocenters. The fraction of sp³-hybridized carbons (Fsp3) is 0.611. The largest absolute Gasteiger partial charge is 0.542 e.